The van der Waals surface area contributed by atoms with Crippen LogP contribution in [0, 0.1) is 25.7 Å². The molecular formula is C30H34N4O3. The lowest BCUT2D eigenvalue weighted by molar-refractivity contribution is -0.126. The fourth-order valence-corrected chi connectivity index (χ4v) is 5.23. The van der Waals surface area contributed by atoms with Gasteiger partial charge in [0.2, 0.25) is 0 Å². The Morgan fingerprint density at radius 2 is 2.00 bits per heavy atom. The second-order valence-corrected chi connectivity index (χ2v) is 10.3. The number of aromatic nitrogens is 3. The van der Waals surface area contributed by atoms with Crippen LogP contribution in [0.3, 0.4) is 0 Å². The highest BCUT2D eigenvalue weighted by Crippen LogP contribution is 2.47. The molecule has 2 fully saturated rings. The monoisotopic (exact) mass is 498 g/mol. The molecule has 0 bridgehead atoms. The van der Waals surface area contributed by atoms with Crippen LogP contribution >= 0.6 is 0 Å². The molecule has 0 saturated heterocycles. The number of pyridine rings is 1. The summed E-state index contributed by atoms with van der Waals surface area (Å²) in [6.45, 7) is 9.70. The summed E-state index contributed by atoms with van der Waals surface area (Å²) in [5.41, 5.74) is 5.60. The summed E-state index contributed by atoms with van der Waals surface area (Å²) in [7, 11) is 3.60. The number of nitrogens with zero attached hydrogens (tertiary/aromatic N) is 4. The zero-order chi connectivity index (χ0) is 26.3. The maximum atomic E-state index is 13.4. The minimum Gasteiger partial charge on any atom is -0.472 e. The molecule has 2 heterocycles. The van der Waals surface area contributed by atoms with Gasteiger partial charge in [-0.1, -0.05) is 18.1 Å². The van der Waals surface area contributed by atoms with Gasteiger partial charge < -0.3 is 9.47 Å². The molecule has 0 atom stereocenters. The Labute approximate surface area is 218 Å². The minimum absolute atomic E-state index is 0.0200. The highest BCUT2D eigenvalue weighted by atomic mass is 16.5. The van der Waals surface area contributed by atoms with Crippen LogP contribution in [0.5, 0.6) is 5.88 Å². The average molecular weight is 499 g/mol. The third kappa shape index (κ3) is 4.62. The van der Waals surface area contributed by atoms with Gasteiger partial charge in [0, 0.05) is 27.0 Å². The highest BCUT2D eigenvalue weighted by Gasteiger charge is 2.45. The van der Waals surface area contributed by atoms with E-state index < -0.39 is 0 Å². The van der Waals surface area contributed by atoms with Crippen molar-refractivity contribution in [1.29, 1.82) is 0 Å². The van der Waals surface area contributed by atoms with Crippen molar-refractivity contribution in [2.45, 2.75) is 70.5 Å². The van der Waals surface area contributed by atoms with E-state index in [1.165, 1.54) is 11.1 Å². The highest BCUT2D eigenvalue weighted by molar-refractivity contribution is 6.11. The molecule has 0 spiro atoms. The second-order valence-electron chi connectivity index (χ2n) is 10.3. The van der Waals surface area contributed by atoms with Crippen molar-refractivity contribution in [3.8, 4) is 17.7 Å². The number of amides is 1. The standard InChI is InChI=1S/C30H34N4O3/c1-7-9-27(35)34(25-16-20(4)19(3)15-23(25)21-10-11-21)26-13-12-24-28(31-26)29(32-33(24)5)37-22-17-30(18-22,36-6)14-8-2/h8,12-13,15-16,21-22H,2,10-11,14,17-18H2,1,3-6H3. The Bertz CT molecular complexity index is 1430. The van der Waals surface area contributed by atoms with Gasteiger partial charge in [0.05, 0.1) is 16.8 Å². The predicted octanol–water partition coefficient (Wildman–Crippen LogP) is 5.65. The molecule has 0 radical (unpaired) electrons. The lowest BCUT2D eigenvalue weighted by Gasteiger charge is -2.45. The van der Waals surface area contributed by atoms with Crippen LogP contribution in [0.25, 0.3) is 11.0 Å². The first-order chi connectivity index (χ1) is 17.8. The number of hydrogen-bond acceptors (Lipinski definition) is 5. The van der Waals surface area contributed by atoms with Gasteiger partial charge in [0.25, 0.3) is 5.88 Å². The van der Waals surface area contributed by atoms with Crippen LogP contribution in [0.15, 0.2) is 36.9 Å². The molecule has 2 aliphatic rings. The first kappa shape index (κ1) is 25.0. The number of ether oxygens (including phenoxy) is 2. The molecule has 192 valence electrons. The lowest BCUT2D eigenvalue weighted by atomic mass is 9.75. The largest absolute Gasteiger partial charge is 0.472 e. The zero-order valence-corrected chi connectivity index (χ0v) is 22.3. The number of anilines is 2. The third-order valence-corrected chi connectivity index (χ3v) is 7.64. The van der Waals surface area contributed by atoms with Gasteiger partial charge in [-0.2, -0.15) is 0 Å². The third-order valence-electron chi connectivity index (χ3n) is 7.64. The van der Waals surface area contributed by atoms with Crippen molar-refractivity contribution >= 4 is 28.4 Å². The quantitative estimate of drug-likeness (QED) is 0.296. The van der Waals surface area contributed by atoms with Gasteiger partial charge in [0.15, 0.2) is 5.52 Å². The summed E-state index contributed by atoms with van der Waals surface area (Å²) in [5.74, 6) is 6.62. The van der Waals surface area contributed by atoms with E-state index in [4.69, 9.17) is 14.5 Å². The van der Waals surface area contributed by atoms with Crippen molar-refractivity contribution in [3.05, 3.63) is 53.6 Å². The molecule has 2 saturated carbocycles. The maximum Gasteiger partial charge on any atom is 0.308 e. The van der Waals surface area contributed by atoms with Crippen LogP contribution < -0.4 is 9.64 Å². The smallest absolute Gasteiger partial charge is 0.308 e. The first-order valence-electron chi connectivity index (χ1n) is 12.8. The number of methoxy groups -OCH3 is 1. The van der Waals surface area contributed by atoms with Gasteiger partial charge in [-0.05, 0) is 86.8 Å². The SMILES string of the molecule is C=CCC1(OC)CC(Oc2nn(C)c3ccc(N(C(=O)C#CC)c4cc(C)c(C)cc4C4CC4)nc23)C1. The molecule has 0 N–H and O–H groups in total. The van der Waals surface area contributed by atoms with E-state index in [9.17, 15) is 4.79 Å². The van der Waals surface area contributed by atoms with Crippen LogP contribution in [-0.4, -0.2) is 39.5 Å². The molecule has 0 unspecified atom stereocenters. The van der Waals surface area contributed by atoms with E-state index in [-0.39, 0.29) is 17.6 Å². The maximum absolute atomic E-state index is 13.4. The number of rotatable bonds is 8. The lowest BCUT2D eigenvalue weighted by Crippen LogP contribution is -2.50. The number of benzene rings is 1. The van der Waals surface area contributed by atoms with Crippen molar-refractivity contribution in [2.24, 2.45) is 7.05 Å². The average Bonchev–Trinajstić information content (AvgIpc) is 3.65. The Morgan fingerprint density at radius 1 is 1.27 bits per heavy atom. The number of carbonyl (C=O) groups excluding carboxylic acids is 1. The minimum atomic E-state index is -0.306. The van der Waals surface area contributed by atoms with Gasteiger partial charge in [-0.25, -0.2) is 4.98 Å². The Hall–Kier alpha value is -3.63. The molecule has 1 amide bonds. The van der Waals surface area contributed by atoms with E-state index in [0.717, 1.165) is 48.9 Å². The fourth-order valence-electron chi connectivity index (χ4n) is 5.23. The zero-order valence-electron chi connectivity index (χ0n) is 22.3. The molecule has 5 rings (SSSR count). The number of hydrogen-bond donors (Lipinski definition) is 0. The molecule has 7 nitrogen and oxygen atoms in total. The van der Waals surface area contributed by atoms with Gasteiger partial charge in [-0.3, -0.25) is 14.4 Å². The van der Waals surface area contributed by atoms with E-state index in [1.54, 1.807) is 23.6 Å². The van der Waals surface area contributed by atoms with Gasteiger partial charge in [-0.15, -0.1) is 11.7 Å². The van der Waals surface area contributed by atoms with Crippen molar-refractivity contribution in [1.82, 2.24) is 14.8 Å². The molecule has 7 heteroatoms. The van der Waals surface area contributed by atoms with Crippen LogP contribution in [0.2, 0.25) is 0 Å². The molecule has 0 aliphatic heterocycles. The normalized spacial score (nSPS) is 20.6. The molecule has 3 aromatic rings. The molecule has 2 aliphatic carbocycles. The van der Waals surface area contributed by atoms with Crippen molar-refractivity contribution < 1.29 is 14.3 Å². The van der Waals surface area contributed by atoms with E-state index >= 15 is 0 Å². The Kier molecular flexibility index (Phi) is 6.55. The molecule has 37 heavy (non-hydrogen) atoms. The van der Waals surface area contributed by atoms with Crippen molar-refractivity contribution in [3.63, 3.8) is 0 Å². The Morgan fingerprint density at radius 3 is 2.65 bits per heavy atom. The summed E-state index contributed by atoms with van der Waals surface area (Å²) in [6.07, 6.45) is 6.42. The number of fused-ring (bicyclic) bond motifs is 1. The summed E-state index contributed by atoms with van der Waals surface area (Å²) >= 11 is 0. The molecule has 2 aromatic heterocycles. The van der Waals surface area contributed by atoms with Crippen LogP contribution in [0.1, 0.15) is 61.6 Å². The fraction of sp³-hybridized carbons (Fsp3) is 0.433. The first-order valence-corrected chi connectivity index (χ1v) is 12.8. The predicted molar refractivity (Wildman–Crippen MR) is 145 cm³/mol. The summed E-state index contributed by atoms with van der Waals surface area (Å²) in [4.78, 5) is 20.0. The van der Waals surface area contributed by atoms with Crippen LogP contribution in [-0.2, 0) is 16.6 Å². The van der Waals surface area contributed by atoms with Crippen LogP contribution in [0.4, 0.5) is 11.5 Å². The Balaban J connectivity index is 1.55. The molecular weight excluding hydrogens is 464 g/mol. The second kappa shape index (κ2) is 9.68. The van der Waals surface area contributed by atoms with Gasteiger partial charge in [0.1, 0.15) is 11.9 Å². The summed E-state index contributed by atoms with van der Waals surface area (Å²) in [6, 6.07) is 8.09. The number of carbonyl (C=O) groups is 1. The number of aryl methyl sites for hydroxylation is 3. The van der Waals surface area contributed by atoms with E-state index in [1.807, 2.05) is 25.3 Å². The van der Waals surface area contributed by atoms with E-state index in [0.29, 0.717) is 23.1 Å². The van der Waals surface area contributed by atoms with E-state index in [2.05, 4.69) is 49.5 Å². The summed E-state index contributed by atoms with van der Waals surface area (Å²) in [5, 5.41) is 4.61. The molecule has 1 aromatic carbocycles. The topological polar surface area (TPSA) is 69.5 Å². The van der Waals surface area contributed by atoms with Gasteiger partial charge >= 0.3 is 5.91 Å². The summed E-state index contributed by atoms with van der Waals surface area (Å²) < 4.78 is 13.8. The van der Waals surface area contributed by atoms with Crippen molar-refractivity contribution in [2.75, 3.05) is 12.0 Å².